The van der Waals surface area contributed by atoms with Crippen molar-refractivity contribution in [3.05, 3.63) is 24.3 Å². The van der Waals surface area contributed by atoms with Gasteiger partial charge in [0.25, 0.3) is 0 Å². The summed E-state index contributed by atoms with van der Waals surface area (Å²) in [5.74, 6) is 0.749. The summed E-state index contributed by atoms with van der Waals surface area (Å²) in [6.45, 7) is 1.99. The van der Waals surface area contributed by atoms with E-state index in [9.17, 15) is 4.39 Å². The van der Waals surface area contributed by atoms with Gasteiger partial charge in [-0.15, -0.1) is 0 Å². The molecular weight excluding hydrogens is 205 g/mol. The SMILES string of the molecule is FCCOc1ccc(N2CCCCC2)cc1. The van der Waals surface area contributed by atoms with Crippen LogP contribution in [0.25, 0.3) is 0 Å². The largest absolute Gasteiger partial charge is 0.491 e. The van der Waals surface area contributed by atoms with Crippen LogP contribution in [0.2, 0.25) is 0 Å². The Bertz CT molecular complexity index is 306. The van der Waals surface area contributed by atoms with Gasteiger partial charge in [0.1, 0.15) is 19.0 Å². The molecule has 0 spiro atoms. The molecule has 0 radical (unpaired) electrons. The third-order valence-corrected chi connectivity index (χ3v) is 2.90. The quantitative estimate of drug-likeness (QED) is 0.778. The van der Waals surface area contributed by atoms with Crippen molar-refractivity contribution in [2.45, 2.75) is 19.3 Å². The molecule has 1 aliphatic rings. The molecule has 1 fully saturated rings. The first kappa shape index (κ1) is 11.2. The first-order valence-electron chi connectivity index (χ1n) is 5.94. The van der Waals surface area contributed by atoms with Crippen LogP contribution in [-0.4, -0.2) is 26.4 Å². The zero-order chi connectivity index (χ0) is 11.2. The number of ether oxygens (including phenoxy) is 1. The number of nitrogens with zero attached hydrogens (tertiary/aromatic N) is 1. The van der Waals surface area contributed by atoms with Crippen LogP contribution in [0, 0.1) is 0 Å². The minimum atomic E-state index is -0.437. The number of alkyl halides is 1. The van der Waals surface area contributed by atoms with Crippen LogP contribution in [0.15, 0.2) is 24.3 Å². The second kappa shape index (κ2) is 5.73. The van der Waals surface area contributed by atoms with Gasteiger partial charge in [-0.05, 0) is 43.5 Å². The maximum absolute atomic E-state index is 11.9. The molecule has 3 heteroatoms. The van der Waals surface area contributed by atoms with E-state index in [2.05, 4.69) is 17.0 Å². The topological polar surface area (TPSA) is 12.5 Å². The predicted octanol–water partition coefficient (Wildman–Crippen LogP) is 3.03. The summed E-state index contributed by atoms with van der Waals surface area (Å²) in [5.41, 5.74) is 1.24. The van der Waals surface area contributed by atoms with Gasteiger partial charge >= 0.3 is 0 Å². The lowest BCUT2D eigenvalue weighted by atomic mass is 10.1. The molecule has 0 aliphatic carbocycles. The highest BCUT2D eigenvalue weighted by Gasteiger charge is 2.10. The van der Waals surface area contributed by atoms with Crippen molar-refractivity contribution in [3.8, 4) is 5.75 Å². The van der Waals surface area contributed by atoms with Gasteiger partial charge in [-0.25, -0.2) is 4.39 Å². The molecular formula is C13H18FNO. The maximum Gasteiger partial charge on any atom is 0.123 e. The summed E-state index contributed by atoms with van der Waals surface area (Å²) in [4.78, 5) is 2.39. The van der Waals surface area contributed by atoms with Crippen LogP contribution >= 0.6 is 0 Å². The standard InChI is InChI=1S/C13H18FNO/c14-8-11-16-13-6-4-12(5-7-13)15-9-2-1-3-10-15/h4-7H,1-3,8-11H2. The average Bonchev–Trinajstić information content (AvgIpc) is 2.38. The highest BCUT2D eigenvalue weighted by Crippen LogP contribution is 2.22. The normalized spacial score (nSPS) is 16.2. The molecule has 2 nitrogen and oxygen atoms in total. The Morgan fingerprint density at radius 3 is 2.38 bits per heavy atom. The van der Waals surface area contributed by atoms with Gasteiger partial charge in [-0.3, -0.25) is 0 Å². The summed E-state index contributed by atoms with van der Waals surface area (Å²) in [6.07, 6.45) is 3.90. The van der Waals surface area contributed by atoms with Crippen molar-refractivity contribution >= 4 is 5.69 Å². The molecule has 16 heavy (non-hydrogen) atoms. The summed E-state index contributed by atoms with van der Waals surface area (Å²) < 4.78 is 17.1. The lowest BCUT2D eigenvalue weighted by molar-refractivity contribution is 0.273. The summed E-state index contributed by atoms with van der Waals surface area (Å²) in [6, 6.07) is 7.94. The van der Waals surface area contributed by atoms with Crippen LogP contribution in [0.1, 0.15) is 19.3 Å². The summed E-state index contributed by atoms with van der Waals surface area (Å²) >= 11 is 0. The number of benzene rings is 1. The lowest BCUT2D eigenvalue weighted by Crippen LogP contribution is -2.29. The van der Waals surface area contributed by atoms with Crippen molar-refractivity contribution in [1.29, 1.82) is 0 Å². The van der Waals surface area contributed by atoms with E-state index in [0.29, 0.717) is 0 Å². The number of rotatable bonds is 4. The molecule has 0 N–H and O–H groups in total. The van der Waals surface area contributed by atoms with E-state index in [1.54, 1.807) is 0 Å². The van der Waals surface area contributed by atoms with E-state index in [1.807, 2.05) is 12.1 Å². The van der Waals surface area contributed by atoms with Crippen molar-refractivity contribution in [2.24, 2.45) is 0 Å². The fraction of sp³-hybridized carbons (Fsp3) is 0.538. The fourth-order valence-corrected chi connectivity index (χ4v) is 2.06. The third-order valence-electron chi connectivity index (χ3n) is 2.90. The molecule has 1 saturated heterocycles. The van der Waals surface area contributed by atoms with Gasteiger partial charge in [0.2, 0.25) is 0 Å². The van der Waals surface area contributed by atoms with E-state index >= 15 is 0 Å². The molecule has 1 aromatic carbocycles. The van der Waals surface area contributed by atoms with Crippen LogP contribution < -0.4 is 9.64 Å². The molecule has 1 heterocycles. The van der Waals surface area contributed by atoms with Crippen LogP contribution in [0.4, 0.5) is 10.1 Å². The first-order valence-corrected chi connectivity index (χ1v) is 5.94. The Labute approximate surface area is 96.0 Å². The number of hydrogen-bond acceptors (Lipinski definition) is 2. The smallest absolute Gasteiger partial charge is 0.123 e. The number of piperidine rings is 1. The number of anilines is 1. The predicted molar refractivity (Wildman–Crippen MR) is 64.0 cm³/mol. The first-order chi connectivity index (χ1) is 7.90. The highest BCUT2D eigenvalue weighted by molar-refractivity contribution is 5.49. The third kappa shape index (κ3) is 2.87. The van der Waals surface area contributed by atoms with Crippen molar-refractivity contribution < 1.29 is 9.13 Å². The van der Waals surface area contributed by atoms with E-state index < -0.39 is 6.67 Å². The van der Waals surface area contributed by atoms with Crippen LogP contribution in [-0.2, 0) is 0 Å². The Kier molecular flexibility index (Phi) is 4.03. The Morgan fingerprint density at radius 2 is 1.75 bits per heavy atom. The highest BCUT2D eigenvalue weighted by atomic mass is 19.1. The van der Waals surface area contributed by atoms with E-state index in [-0.39, 0.29) is 6.61 Å². The fourth-order valence-electron chi connectivity index (χ4n) is 2.06. The van der Waals surface area contributed by atoms with Crippen LogP contribution in [0.5, 0.6) is 5.75 Å². The summed E-state index contributed by atoms with van der Waals surface area (Å²) in [5, 5.41) is 0. The zero-order valence-electron chi connectivity index (χ0n) is 9.49. The van der Waals surface area contributed by atoms with Gasteiger partial charge in [-0.1, -0.05) is 0 Å². The zero-order valence-corrected chi connectivity index (χ0v) is 9.49. The Balaban J connectivity index is 1.95. The van der Waals surface area contributed by atoms with E-state index in [1.165, 1.54) is 24.9 Å². The van der Waals surface area contributed by atoms with Crippen molar-refractivity contribution in [1.82, 2.24) is 0 Å². The molecule has 88 valence electrons. The second-order valence-electron chi connectivity index (χ2n) is 4.08. The molecule has 1 aromatic rings. The van der Waals surface area contributed by atoms with Gasteiger partial charge < -0.3 is 9.64 Å². The lowest BCUT2D eigenvalue weighted by Gasteiger charge is -2.28. The van der Waals surface area contributed by atoms with Gasteiger partial charge in [0.05, 0.1) is 0 Å². The number of halogens is 1. The molecule has 0 aromatic heterocycles. The molecule has 0 amide bonds. The Hall–Kier alpha value is -1.25. The monoisotopic (exact) mass is 223 g/mol. The van der Waals surface area contributed by atoms with Crippen molar-refractivity contribution in [3.63, 3.8) is 0 Å². The summed E-state index contributed by atoms with van der Waals surface area (Å²) in [7, 11) is 0. The second-order valence-corrected chi connectivity index (χ2v) is 4.08. The molecule has 0 saturated carbocycles. The van der Waals surface area contributed by atoms with Gasteiger partial charge in [0.15, 0.2) is 0 Å². The average molecular weight is 223 g/mol. The Morgan fingerprint density at radius 1 is 1.06 bits per heavy atom. The molecule has 0 unspecified atom stereocenters. The van der Waals surface area contributed by atoms with Gasteiger partial charge in [0, 0.05) is 18.8 Å². The molecule has 0 bridgehead atoms. The minimum Gasteiger partial charge on any atom is -0.491 e. The number of hydrogen-bond donors (Lipinski definition) is 0. The van der Waals surface area contributed by atoms with Crippen molar-refractivity contribution in [2.75, 3.05) is 31.3 Å². The maximum atomic E-state index is 11.9. The van der Waals surface area contributed by atoms with E-state index in [0.717, 1.165) is 18.8 Å². The molecule has 0 atom stereocenters. The molecule has 2 rings (SSSR count). The molecule has 1 aliphatic heterocycles. The van der Waals surface area contributed by atoms with Crippen LogP contribution in [0.3, 0.4) is 0 Å². The van der Waals surface area contributed by atoms with Gasteiger partial charge in [-0.2, -0.15) is 0 Å². The van der Waals surface area contributed by atoms with E-state index in [4.69, 9.17) is 4.74 Å². The minimum absolute atomic E-state index is 0.142.